The van der Waals surface area contributed by atoms with Crippen molar-refractivity contribution in [2.45, 2.75) is 103 Å². The normalized spacial score (nSPS) is 40.1. The van der Waals surface area contributed by atoms with Crippen LogP contribution < -0.4 is 0 Å². The van der Waals surface area contributed by atoms with Crippen molar-refractivity contribution >= 4 is 5.78 Å². The highest BCUT2D eigenvalue weighted by atomic mass is 16.5. The summed E-state index contributed by atoms with van der Waals surface area (Å²) in [6.45, 7) is 4.85. The minimum Gasteiger partial charge on any atom is -0.495 e. The Hall–Kier alpha value is -1.31. The summed E-state index contributed by atoms with van der Waals surface area (Å²) in [5, 5.41) is 0. The van der Waals surface area contributed by atoms with Gasteiger partial charge < -0.3 is 4.74 Å². The Morgan fingerprint density at radius 3 is 2.79 bits per heavy atom. The largest absolute Gasteiger partial charge is 0.495 e. The van der Waals surface area contributed by atoms with E-state index in [4.69, 9.17) is 4.74 Å². The van der Waals surface area contributed by atoms with Crippen LogP contribution in [0.3, 0.4) is 0 Å². The van der Waals surface area contributed by atoms with Crippen LogP contribution in [0.4, 0.5) is 0 Å². The molecule has 0 heterocycles. The molecule has 0 spiro atoms. The molecule has 0 bridgehead atoms. The summed E-state index contributed by atoms with van der Waals surface area (Å²) in [6.07, 6.45) is 20.6. The molecule has 0 N–H and O–H groups in total. The van der Waals surface area contributed by atoms with E-state index in [2.05, 4.69) is 19.9 Å². The first kappa shape index (κ1) is 19.6. The molecule has 0 amide bonds. The maximum Gasteiger partial charge on any atom is 0.156 e. The van der Waals surface area contributed by atoms with Crippen molar-refractivity contribution < 1.29 is 9.53 Å². The highest BCUT2D eigenvalue weighted by molar-refractivity contribution is 5.92. The SMILES string of the molecule is CC1=C2CCC3(C)C(OC4=CCCCCCC4)CCC3C2CC2CCC(=O)C=C12. The Balaban J connectivity index is 1.38. The van der Waals surface area contributed by atoms with E-state index in [1.165, 1.54) is 81.1 Å². The summed E-state index contributed by atoms with van der Waals surface area (Å²) in [7, 11) is 0. The van der Waals surface area contributed by atoms with Crippen LogP contribution in [-0.2, 0) is 9.53 Å². The van der Waals surface area contributed by atoms with Crippen LogP contribution in [0.5, 0.6) is 0 Å². The second kappa shape index (κ2) is 7.75. The van der Waals surface area contributed by atoms with Crippen LogP contribution in [0.1, 0.15) is 97.3 Å². The molecule has 0 aromatic heterocycles. The van der Waals surface area contributed by atoms with Gasteiger partial charge in [-0.2, -0.15) is 0 Å². The number of allylic oxidation sites excluding steroid dienone is 6. The van der Waals surface area contributed by atoms with Crippen molar-refractivity contribution in [3.8, 4) is 0 Å². The van der Waals surface area contributed by atoms with Crippen LogP contribution in [0, 0.1) is 23.2 Å². The number of ether oxygens (including phenoxy) is 1. The predicted octanol–water partition coefficient (Wildman–Crippen LogP) is 7.06. The lowest BCUT2D eigenvalue weighted by Crippen LogP contribution is -2.44. The molecule has 0 aromatic rings. The van der Waals surface area contributed by atoms with Crippen molar-refractivity contribution in [1.82, 2.24) is 0 Å². The number of rotatable bonds is 2. The minimum atomic E-state index is 0.323. The standard InChI is InChI=1S/C27H38O2/c1-18-22-14-15-27(2)25(24(22)16-19-10-11-20(28)17-23(18)19)12-13-26(27)29-21-8-6-4-3-5-7-9-21/h8,17,19,24-26H,3-7,9-16H2,1-2H3. The summed E-state index contributed by atoms with van der Waals surface area (Å²) in [5.41, 5.74) is 4.88. The van der Waals surface area contributed by atoms with Gasteiger partial charge in [-0.25, -0.2) is 0 Å². The minimum absolute atomic E-state index is 0.323. The van der Waals surface area contributed by atoms with Gasteiger partial charge in [-0.05, 0) is 106 Å². The van der Waals surface area contributed by atoms with Crippen LogP contribution in [0.2, 0.25) is 0 Å². The summed E-state index contributed by atoms with van der Waals surface area (Å²) in [5.74, 6) is 3.76. The van der Waals surface area contributed by atoms with E-state index in [1.54, 1.807) is 5.57 Å². The molecule has 2 fully saturated rings. The molecule has 0 radical (unpaired) electrons. The summed E-state index contributed by atoms with van der Waals surface area (Å²) in [6, 6.07) is 0. The van der Waals surface area contributed by atoms with Gasteiger partial charge in [0.1, 0.15) is 6.10 Å². The molecule has 0 aliphatic heterocycles. The third-order valence-corrected chi connectivity index (χ3v) is 9.18. The van der Waals surface area contributed by atoms with E-state index in [0.29, 0.717) is 23.2 Å². The van der Waals surface area contributed by atoms with Crippen LogP contribution >= 0.6 is 0 Å². The Kier molecular flexibility index (Phi) is 5.25. The quantitative estimate of drug-likeness (QED) is 0.501. The number of hydrogen-bond donors (Lipinski definition) is 0. The third kappa shape index (κ3) is 3.45. The van der Waals surface area contributed by atoms with Crippen molar-refractivity contribution in [2.75, 3.05) is 0 Å². The lowest BCUT2D eigenvalue weighted by molar-refractivity contribution is -0.115. The zero-order valence-corrected chi connectivity index (χ0v) is 18.5. The molecule has 5 aliphatic rings. The van der Waals surface area contributed by atoms with E-state index in [1.807, 2.05) is 6.08 Å². The number of hydrogen-bond acceptors (Lipinski definition) is 2. The second-order valence-corrected chi connectivity index (χ2v) is 10.7. The monoisotopic (exact) mass is 394 g/mol. The Bertz CT molecular complexity index is 769. The topological polar surface area (TPSA) is 26.3 Å². The van der Waals surface area contributed by atoms with Gasteiger partial charge >= 0.3 is 0 Å². The van der Waals surface area contributed by atoms with E-state index in [-0.39, 0.29) is 0 Å². The van der Waals surface area contributed by atoms with Gasteiger partial charge in [0.05, 0.1) is 5.76 Å². The molecular formula is C27H38O2. The first-order valence-corrected chi connectivity index (χ1v) is 12.4. The zero-order chi connectivity index (χ0) is 20.0. The first-order chi connectivity index (χ1) is 14.1. The number of fused-ring (bicyclic) bond motifs is 4. The molecule has 29 heavy (non-hydrogen) atoms. The molecule has 5 atom stereocenters. The van der Waals surface area contributed by atoms with Gasteiger partial charge in [-0.3, -0.25) is 4.79 Å². The number of carbonyl (C=O) groups is 1. The van der Waals surface area contributed by atoms with Crippen LogP contribution in [-0.4, -0.2) is 11.9 Å². The molecule has 0 saturated heterocycles. The maximum atomic E-state index is 12.0. The van der Waals surface area contributed by atoms with Gasteiger partial charge in [0.25, 0.3) is 0 Å². The van der Waals surface area contributed by atoms with Gasteiger partial charge in [0.15, 0.2) is 5.78 Å². The van der Waals surface area contributed by atoms with Gasteiger partial charge in [-0.1, -0.05) is 25.3 Å². The van der Waals surface area contributed by atoms with E-state index < -0.39 is 0 Å². The molecule has 158 valence electrons. The summed E-state index contributed by atoms with van der Waals surface area (Å²) >= 11 is 0. The smallest absolute Gasteiger partial charge is 0.156 e. The molecule has 2 nitrogen and oxygen atoms in total. The highest BCUT2D eigenvalue weighted by Gasteiger charge is 2.55. The fourth-order valence-corrected chi connectivity index (χ4v) is 7.47. The van der Waals surface area contributed by atoms with Crippen molar-refractivity contribution in [2.24, 2.45) is 23.2 Å². The van der Waals surface area contributed by atoms with Crippen LogP contribution in [0.15, 0.2) is 34.6 Å². The van der Waals surface area contributed by atoms with Crippen molar-refractivity contribution in [1.29, 1.82) is 0 Å². The molecule has 5 unspecified atom stereocenters. The van der Waals surface area contributed by atoms with Gasteiger partial charge in [-0.15, -0.1) is 0 Å². The summed E-state index contributed by atoms with van der Waals surface area (Å²) in [4.78, 5) is 12.0. The average Bonchev–Trinajstić information content (AvgIpc) is 3.01. The fourth-order valence-electron chi connectivity index (χ4n) is 7.47. The van der Waals surface area contributed by atoms with Gasteiger partial charge in [0.2, 0.25) is 0 Å². The third-order valence-electron chi connectivity index (χ3n) is 9.18. The van der Waals surface area contributed by atoms with Crippen molar-refractivity contribution in [3.05, 3.63) is 34.6 Å². The molecule has 2 heteroatoms. The average molecular weight is 395 g/mol. The molecular weight excluding hydrogens is 356 g/mol. The highest BCUT2D eigenvalue weighted by Crippen LogP contribution is 2.61. The second-order valence-electron chi connectivity index (χ2n) is 10.7. The molecule has 5 rings (SSSR count). The lowest BCUT2D eigenvalue weighted by atomic mass is 9.56. The van der Waals surface area contributed by atoms with Crippen LogP contribution in [0.25, 0.3) is 0 Å². The van der Waals surface area contributed by atoms with Gasteiger partial charge in [0, 0.05) is 18.3 Å². The fraction of sp³-hybridized carbons (Fsp3) is 0.741. The number of ketones is 1. The Labute approximate surface area is 176 Å². The predicted molar refractivity (Wildman–Crippen MR) is 117 cm³/mol. The van der Waals surface area contributed by atoms with E-state index in [9.17, 15) is 4.79 Å². The molecule has 0 aromatic carbocycles. The van der Waals surface area contributed by atoms with E-state index in [0.717, 1.165) is 31.1 Å². The Morgan fingerprint density at radius 1 is 1.03 bits per heavy atom. The summed E-state index contributed by atoms with van der Waals surface area (Å²) < 4.78 is 6.78. The van der Waals surface area contributed by atoms with E-state index >= 15 is 0 Å². The first-order valence-electron chi connectivity index (χ1n) is 12.4. The number of carbonyl (C=O) groups excluding carboxylic acids is 1. The lowest BCUT2D eigenvalue weighted by Gasteiger charge is -2.50. The van der Waals surface area contributed by atoms with Crippen molar-refractivity contribution in [3.63, 3.8) is 0 Å². The maximum absolute atomic E-state index is 12.0. The zero-order valence-electron chi connectivity index (χ0n) is 18.5. The Morgan fingerprint density at radius 2 is 1.90 bits per heavy atom. The molecule has 2 saturated carbocycles. The molecule has 5 aliphatic carbocycles.